The van der Waals surface area contributed by atoms with Crippen LogP contribution in [0.25, 0.3) is 0 Å². The van der Waals surface area contributed by atoms with E-state index in [1.54, 1.807) is 7.11 Å². The highest BCUT2D eigenvalue weighted by atomic mass is 16.5. The monoisotopic (exact) mass is 1230 g/mol. The molecule has 0 aromatic rings. The summed E-state index contributed by atoms with van der Waals surface area (Å²) in [5.74, 6) is 0.569. The summed E-state index contributed by atoms with van der Waals surface area (Å²) in [5.41, 5.74) is 1.77. The summed E-state index contributed by atoms with van der Waals surface area (Å²) in [5, 5.41) is 0. The lowest BCUT2D eigenvalue weighted by Crippen LogP contribution is -2.57. The Morgan fingerprint density at radius 3 is 1.08 bits per heavy atom. The highest BCUT2D eigenvalue weighted by molar-refractivity contribution is 5.79. The van der Waals surface area contributed by atoms with E-state index in [9.17, 15) is 9.59 Å². The molecule has 7 saturated heterocycles. The Bertz CT molecular complexity index is 1880. The van der Waals surface area contributed by atoms with Crippen LogP contribution in [0.5, 0.6) is 0 Å². The largest absolute Gasteiger partial charge is 0.383 e. The number of piperazine rings is 6. The molecule has 16 heteroatoms. The molecule has 2 saturated carbocycles. The van der Waals surface area contributed by atoms with Crippen molar-refractivity contribution in [3.63, 3.8) is 0 Å². The molecule has 0 radical (unpaired) electrons. The highest BCUT2D eigenvalue weighted by Gasteiger charge is 2.36. The number of nitrogens with zero attached hydrogens (tertiary/aromatic N) is 13. The number of likely N-dealkylation sites (N-methyl/N-ethyl adjacent to an activating group) is 3. The van der Waals surface area contributed by atoms with Gasteiger partial charge >= 0.3 is 0 Å². The average molecular weight is 1230 g/mol. The minimum absolute atomic E-state index is 0.0155. The summed E-state index contributed by atoms with van der Waals surface area (Å²) < 4.78 is 5.08. The van der Waals surface area contributed by atoms with E-state index < -0.39 is 0 Å². The first-order valence-corrected chi connectivity index (χ1v) is 35.1. The van der Waals surface area contributed by atoms with Crippen LogP contribution >= 0.6 is 0 Å². The fraction of sp³-hybridized carbons (Fsp3) is 0.972. The van der Waals surface area contributed by atoms with E-state index in [1.807, 2.05) is 16.8 Å². The lowest BCUT2D eigenvalue weighted by molar-refractivity contribution is -0.141. The molecular weight excluding hydrogens is 1080 g/mol. The molecule has 0 aromatic carbocycles. The molecule has 1 unspecified atom stereocenters. The summed E-state index contributed by atoms with van der Waals surface area (Å²) >= 11 is 0. The summed E-state index contributed by atoms with van der Waals surface area (Å²) in [4.78, 5) is 54.5. The van der Waals surface area contributed by atoms with Gasteiger partial charge in [0.15, 0.2) is 0 Å². The number of hydrogen-bond acceptors (Lipinski definition) is 14. The number of ether oxygens (including phenoxy) is 1. The maximum atomic E-state index is 11.5. The second kappa shape index (κ2) is 35.7. The first kappa shape index (κ1) is 79.7. The van der Waals surface area contributed by atoms with Gasteiger partial charge in [0.25, 0.3) is 0 Å². The SMILES string of the molecule is CC(C)(C)N1CCCCC1=O.CC(C)(C)N1CCN(C2CC2)CC1.CC(C)(C)N1CCN(C2CCC2)CC1.CC1CN(C)CCN1C(C)(C)C.CN1CCN(C(C)(C)C)C(=O)C1.CN1CCN(C(C)(C)C)CC1.COCCN1CCN(C(C)(C)C)CC1. The molecule has 1 atom stereocenters. The van der Waals surface area contributed by atoms with E-state index in [4.69, 9.17) is 4.74 Å². The van der Waals surface area contributed by atoms with Crippen LogP contribution < -0.4 is 0 Å². The van der Waals surface area contributed by atoms with Gasteiger partial charge in [0, 0.05) is 221 Å². The van der Waals surface area contributed by atoms with Crippen molar-refractivity contribution < 1.29 is 14.3 Å². The van der Waals surface area contributed by atoms with E-state index in [1.165, 1.54) is 163 Å². The number of carbonyl (C=O) groups excluding carboxylic acids is 2. The zero-order valence-electron chi connectivity index (χ0n) is 62.6. The van der Waals surface area contributed by atoms with Gasteiger partial charge in [-0.1, -0.05) is 6.42 Å². The quantitative estimate of drug-likeness (QED) is 0.262. The summed E-state index contributed by atoms with van der Waals surface area (Å²) in [7, 11) is 8.15. The molecule has 87 heavy (non-hydrogen) atoms. The third kappa shape index (κ3) is 30.0. The number of piperidine rings is 1. The minimum Gasteiger partial charge on any atom is -0.383 e. The normalized spacial score (nSPS) is 24.7. The van der Waals surface area contributed by atoms with Crippen molar-refractivity contribution in [2.75, 3.05) is 192 Å². The smallest absolute Gasteiger partial charge is 0.237 e. The molecule has 7 aliphatic heterocycles. The van der Waals surface area contributed by atoms with Crippen molar-refractivity contribution in [3.8, 4) is 0 Å². The third-order valence-corrected chi connectivity index (χ3v) is 19.6. The van der Waals surface area contributed by atoms with Crippen molar-refractivity contribution >= 4 is 11.8 Å². The van der Waals surface area contributed by atoms with Gasteiger partial charge in [0.1, 0.15) is 0 Å². The number of carbonyl (C=O) groups is 2. The van der Waals surface area contributed by atoms with Crippen LogP contribution in [0.2, 0.25) is 0 Å². The van der Waals surface area contributed by atoms with Gasteiger partial charge in [-0.2, -0.15) is 0 Å². The molecule has 514 valence electrons. The van der Waals surface area contributed by atoms with Gasteiger partial charge in [-0.15, -0.1) is 0 Å². The Balaban J connectivity index is 0.000000266. The Kier molecular flexibility index (Phi) is 32.7. The number of hydrogen-bond donors (Lipinski definition) is 0. The molecule has 0 N–H and O–H groups in total. The van der Waals surface area contributed by atoms with Crippen LogP contribution in [0.3, 0.4) is 0 Å². The fourth-order valence-electron chi connectivity index (χ4n) is 13.2. The first-order chi connectivity index (χ1) is 40.0. The third-order valence-electron chi connectivity index (χ3n) is 19.6. The van der Waals surface area contributed by atoms with E-state index >= 15 is 0 Å². The maximum Gasteiger partial charge on any atom is 0.237 e. The summed E-state index contributed by atoms with van der Waals surface area (Å²) in [6.45, 7) is 78.2. The molecule has 9 aliphatic rings. The average Bonchev–Trinajstić information content (AvgIpc) is 3.23. The number of methoxy groups -OCH3 is 1. The van der Waals surface area contributed by atoms with Gasteiger partial charge in [-0.3, -0.25) is 53.7 Å². The lowest BCUT2D eigenvalue weighted by Gasteiger charge is -2.46. The second-order valence-electron chi connectivity index (χ2n) is 34.3. The van der Waals surface area contributed by atoms with Gasteiger partial charge in [0.05, 0.1) is 13.2 Å². The van der Waals surface area contributed by atoms with Crippen molar-refractivity contribution in [2.45, 2.75) is 261 Å². The van der Waals surface area contributed by atoms with E-state index in [-0.39, 0.29) is 17.0 Å². The van der Waals surface area contributed by atoms with Crippen LogP contribution in [-0.2, 0) is 14.3 Å². The zero-order chi connectivity index (χ0) is 65.9. The van der Waals surface area contributed by atoms with E-state index in [2.05, 4.69) is 220 Å². The molecule has 0 spiro atoms. The lowest BCUT2D eigenvalue weighted by atomic mass is 9.91. The van der Waals surface area contributed by atoms with Crippen LogP contribution in [0.4, 0.5) is 0 Å². The van der Waals surface area contributed by atoms with Gasteiger partial charge in [-0.05, 0) is 212 Å². The van der Waals surface area contributed by atoms with Crippen LogP contribution in [-0.4, -0.2) is 324 Å². The Morgan fingerprint density at radius 1 is 0.379 bits per heavy atom. The van der Waals surface area contributed by atoms with Crippen molar-refractivity contribution in [1.29, 1.82) is 0 Å². The Labute approximate surface area is 540 Å². The molecule has 7 heterocycles. The first-order valence-electron chi connectivity index (χ1n) is 35.1. The minimum atomic E-state index is -0.0155. The maximum absolute atomic E-state index is 11.5. The predicted molar refractivity (Wildman–Crippen MR) is 373 cm³/mol. The molecule has 2 aliphatic carbocycles. The van der Waals surface area contributed by atoms with Gasteiger partial charge in [-0.25, -0.2) is 0 Å². The fourth-order valence-corrected chi connectivity index (χ4v) is 13.2. The topological polar surface area (TPSA) is 85.5 Å². The predicted octanol–water partition coefficient (Wildman–Crippen LogP) is 9.38. The molecule has 0 aromatic heterocycles. The van der Waals surface area contributed by atoms with Crippen molar-refractivity contribution in [1.82, 2.24) is 63.7 Å². The molecule has 16 nitrogen and oxygen atoms in total. The molecule has 0 bridgehead atoms. The van der Waals surface area contributed by atoms with Crippen LogP contribution in [0, 0.1) is 0 Å². The highest BCUT2D eigenvalue weighted by Crippen LogP contribution is 2.30. The van der Waals surface area contributed by atoms with Gasteiger partial charge < -0.3 is 24.3 Å². The standard InChI is InChI=1S/C12H24N2.C11H24N2O.C11H22N2.C10H22N2.C9H18N2O.C9H20N2.C9H17NO/c1-12(2,3)14-9-7-13(8-10-14)11-5-4-6-11;1-11(2,3)13-7-5-12(6-8-13)9-10-14-4;1-11(2,3)13-8-6-12(7-9-13)10-4-5-10;1-9-8-11(5)6-7-12(9)10(2,3)4;1-9(2,3)11-6-5-10(4)7-8(11)12;1-9(2,3)11-7-5-10(4)6-8-11;1-9(2,3)10-7-5-4-6-8(10)11/h11H,4-10H2,1-3H3;5-10H2,1-4H3;10H,4-9H2,1-3H3;9H,6-8H2,1-5H3;5-7H2,1-4H3;5-8H2,1-4H3;4-7H2,1-3H3. The van der Waals surface area contributed by atoms with Crippen LogP contribution in [0.1, 0.15) is 204 Å². The summed E-state index contributed by atoms with van der Waals surface area (Å²) in [6.07, 6.45) is 10.3. The second-order valence-corrected chi connectivity index (χ2v) is 34.3. The molecule has 9 rings (SSSR count). The van der Waals surface area contributed by atoms with Crippen molar-refractivity contribution in [2.24, 2.45) is 0 Å². The van der Waals surface area contributed by atoms with Crippen molar-refractivity contribution in [3.05, 3.63) is 0 Å². The number of likely N-dealkylation sites (tertiary alicyclic amines) is 1. The van der Waals surface area contributed by atoms with Gasteiger partial charge in [0.2, 0.25) is 11.8 Å². The van der Waals surface area contributed by atoms with E-state index in [0.717, 1.165) is 57.7 Å². The summed E-state index contributed by atoms with van der Waals surface area (Å²) in [6, 6.07) is 2.60. The molecule has 2 amide bonds. The Morgan fingerprint density at radius 2 is 0.759 bits per heavy atom. The Hall–Kier alpha value is -1.54. The van der Waals surface area contributed by atoms with Crippen LogP contribution in [0.15, 0.2) is 0 Å². The zero-order valence-corrected chi connectivity index (χ0v) is 62.6. The molecule has 9 fully saturated rings. The molecular formula is C71H147N13O3. The number of amides is 2. The number of rotatable bonds is 5. The van der Waals surface area contributed by atoms with E-state index in [0.29, 0.717) is 46.2 Å².